The van der Waals surface area contributed by atoms with Crippen LogP contribution >= 0.6 is 0 Å². The van der Waals surface area contributed by atoms with Crippen molar-refractivity contribution in [1.82, 2.24) is 0 Å². The molecule has 1 aliphatic rings. The summed E-state index contributed by atoms with van der Waals surface area (Å²) in [5.41, 5.74) is 6.13. The molecule has 3 heteroatoms. The van der Waals surface area contributed by atoms with E-state index in [0.717, 1.165) is 17.7 Å². The normalized spacial score (nSPS) is 24.5. The van der Waals surface area contributed by atoms with Gasteiger partial charge in [-0.3, -0.25) is 4.79 Å². The smallest absolute Gasteiger partial charge is 0.179 e. The van der Waals surface area contributed by atoms with Gasteiger partial charge in [-0.2, -0.15) is 0 Å². The monoisotopic (exact) mass is 217 g/mol. The van der Waals surface area contributed by atoms with Gasteiger partial charge in [-0.25, -0.2) is 0 Å². The van der Waals surface area contributed by atoms with Crippen LogP contribution in [0.1, 0.15) is 18.4 Å². The van der Waals surface area contributed by atoms with E-state index < -0.39 is 5.54 Å². The van der Waals surface area contributed by atoms with Crippen LogP contribution in [0.4, 0.5) is 0 Å². The van der Waals surface area contributed by atoms with Gasteiger partial charge in [0, 0.05) is 0 Å². The van der Waals surface area contributed by atoms with E-state index in [9.17, 15) is 4.79 Å². The number of carbonyl (C=O) groups is 1. The van der Waals surface area contributed by atoms with Gasteiger partial charge in [0.25, 0.3) is 0 Å². The second kappa shape index (κ2) is 4.10. The van der Waals surface area contributed by atoms with E-state index in [4.69, 9.17) is 10.5 Å². The second-order valence-corrected chi connectivity index (χ2v) is 4.01. The Balaban J connectivity index is 2.42. The highest BCUT2D eigenvalue weighted by atomic mass is 16.5. The highest BCUT2D eigenvalue weighted by Crippen LogP contribution is 2.30. The Labute approximate surface area is 94.9 Å². The molecule has 16 heavy (non-hydrogen) atoms. The van der Waals surface area contributed by atoms with Crippen LogP contribution in [0.5, 0.6) is 5.75 Å². The molecule has 0 spiro atoms. The van der Waals surface area contributed by atoms with Crippen LogP contribution in [0.15, 0.2) is 36.4 Å². The lowest BCUT2D eigenvalue weighted by atomic mass is 9.79. The summed E-state index contributed by atoms with van der Waals surface area (Å²) >= 11 is 0. The molecular weight excluding hydrogens is 202 g/mol. The van der Waals surface area contributed by atoms with E-state index in [1.807, 2.05) is 30.3 Å². The maximum Gasteiger partial charge on any atom is 0.179 e. The van der Waals surface area contributed by atoms with Gasteiger partial charge in [0.2, 0.25) is 0 Å². The van der Waals surface area contributed by atoms with Gasteiger partial charge >= 0.3 is 0 Å². The van der Waals surface area contributed by atoms with Gasteiger partial charge in [-0.1, -0.05) is 18.2 Å². The Hall–Kier alpha value is -1.61. The lowest BCUT2D eigenvalue weighted by Crippen LogP contribution is -2.45. The Morgan fingerprint density at radius 3 is 2.94 bits per heavy atom. The van der Waals surface area contributed by atoms with E-state index in [2.05, 4.69) is 0 Å². The topological polar surface area (TPSA) is 52.3 Å². The molecule has 3 nitrogen and oxygen atoms in total. The lowest BCUT2D eigenvalue weighted by Gasteiger charge is -2.29. The molecule has 0 aliphatic heterocycles. The largest absolute Gasteiger partial charge is 0.497 e. The van der Waals surface area contributed by atoms with Crippen molar-refractivity contribution in [3.63, 3.8) is 0 Å². The molecule has 0 saturated heterocycles. The molecule has 1 aliphatic carbocycles. The first-order chi connectivity index (χ1) is 7.66. The molecule has 0 fully saturated rings. The van der Waals surface area contributed by atoms with Gasteiger partial charge in [-0.05, 0) is 36.6 Å². The van der Waals surface area contributed by atoms with E-state index >= 15 is 0 Å². The minimum atomic E-state index is -0.886. The summed E-state index contributed by atoms with van der Waals surface area (Å²) in [5, 5.41) is 0. The molecule has 0 heterocycles. The molecule has 0 aromatic heterocycles. The summed E-state index contributed by atoms with van der Waals surface area (Å²) in [6.45, 7) is 0. The lowest BCUT2D eigenvalue weighted by molar-refractivity contribution is -0.120. The third kappa shape index (κ3) is 1.74. The summed E-state index contributed by atoms with van der Waals surface area (Å²) in [7, 11) is 1.60. The first-order valence-electron chi connectivity index (χ1n) is 5.31. The van der Waals surface area contributed by atoms with Gasteiger partial charge in [0.15, 0.2) is 5.78 Å². The molecule has 0 amide bonds. The molecule has 0 saturated carbocycles. The van der Waals surface area contributed by atoms with Crippen molar-refractivity contribution in [1.29, 1.82) is 0 Å². The van der Waals surface area contributed by atoms with Crippen molar-refractivity contribution in [2.75, 3.05) is 7.11 Å². The molecule has 2 rings (SSSR count). The third-order valence-electron chi connectivity index (χ3n) is 3.00. The number of hydrogen-bond acceptors (Lipinski definition) is 3. The first kappa shape index (κ1) is 10.9. The molecule has 2 N–H and O–H groups in total. The third-order valence-corrected chi connectivity index (χ3v) is 3.00. The van der Waals surface area contributed by atoms with Crippen LogP contribution in [-0.4, -0.2) is 12.9 Å². The minimum absolute atomic E-state index is 0.0352. The standard InChI is InChI=1S/C13H15NO2/c1-16-11-6-4-5-10(9-11)13(14)8-3-2-7-12(13)15/h2,4-7,9H,3,8,14H2,1H3/t13-/m0/s1. The second-order valence-electron chi connectivity index (χ2n) is 4.01. The predicted octanol–water partition coefficient (Wildman–Crippen LogP) is 1.77. The number of benzene rings is 1. The average molecular weight is 217 g/mol. The zero-order valence-electron chi connectivity index (χ0n) is 9.27. The van der Waals surface area contributed by atoms with E-state index in [-0.39, 0.29) is 5.78 Å². The summed E-state index contributed by atoms with van der Waals surface area (Å²) in [6.07, 6.45) is 4.92. The minimum Gasteiger partial charge on any atom is -0.497 e. The Bertz CT molecular complexity index is 439. The fourth-order valence-corrected chi connectivity index (χ4v) is 1.96. The number of rotatable bonds is 2. The van der Waals surface area contributed by atoms with Gasteiger partial charge in [-0.15, -0.1) is 0 Å². The number of methoxy groups -OCH3 is 1. The van der Waals surface area contributed by atoms with Gasteiger partial charge in [0.1, 0.15) is 11.3 Å². The zero-order valence-corrected chi connectivity index (χ0v) is 9.27. The van der Waals surface area contributed by atoms with Crippen molar-refractivity contribution >= 4 is 5.78 Å². The van der Waals surface area contributed by atoms with Crippen LogP contribution in [0.25, 0.3) is 0 Å². The molecule has 84 valence electrons. The van der Waals surface area contributed by atoms with Crippen LogP contribution in [0.2, 0.25) is 0 Å². The summed E-state index contributed by atoms with van der Waals surface area (Å²) in [4.78, 5) is 11.9. The van der Waals surface area contributed by atoms with Gasteiger partial charge < -0.3 is 10.5 Å². The SMILES string of the molecule is COc1cccc([C@@]2(N)CCC=CC2=O)c1. The molecule has 0 unspecified atom stereocenters. The van der Waals surface area contributed by atoms with E-state index in [1.54, 1.807) is 13.2 Å². The van der Waals surface area contributed by atoms with E-state index in [1.165, 1.54) is 0 Å². The van der Waals surface area contributed by atoms with Crippen LogP contribution < -0.4 is 10.5 Å². The average Bonchev–Trinajstić information content (AvgIpc) is 2.33. The summed E-state index contributed by atoms with van der Waals surface area (Å²) in [5.74, 6) is 0.691. The number of ketones is 1. The summed E-state index contributed by atoms with van der Waals surface area (Å²) in [6, 6.07) is 7.40. The number of hydrogen-bond donors (Lipinski definition) is 1. The van der Waals surface area contributed by atoms with Crippen molar-refractivity contribution in [3.05, 3.63) is 42.0 Å². The van der Waals surface area contributed by atoms with Crippen LogP contribution in [0.3, 0.4) is 0 Å². The zero-order chi connectivity index (χ0) is 11.6. The van der Waals surface area contributed by atoms with E-state index in [0.29, 0.717) is 6.42 Å². The first-order valence-corrected chi connectivity index (χ1v) is 5.31. The predicted molar refractivity (Wildman–Crippen MR) is 62.2 cm³/mol. The molecule has 1 atom stereocenters. The number of carbonyl (C=O) groups excluding carboxylic acids is 1. The Morgan fingerprint density at radius 2 is 2.25 bits per heavy atom. The molecule has 0 radical (unpaired) electrons. The van der Waals surface area contributed by atoms with Crippen LogP contribution in [-0.2, 0) is 10.3 Å². The fraction of sp³-hybridized carbons (Fsp3) is 0.308. The van der Waals surface area contributed by atoms with Crippen molar-refractivity contribution in [2.45, 2.75) is 18.4 Å². The maximum atomic E-state index is 11.9. The molecular formula is C13H15NO2. The highest BCUT2D eigenvalue weighted by Gasteiger charge is 2.35. The molecule has 1 aromatic rings. The molecule has 1 aromatic carbocycles. The number of ether oxygens (including phenoxy) is 1. The Kier molecular flexibility index (Phi) is 2.79. The summed E-state index contributed by atoms with van der Waals surface area (Å²) < 4.78 is 5.14. The maximum absolute atomic E-state index is 11.9. The fourth-order valence-electron chi connectivity index (χ4n) is 1.96. The number of allylic oxidation sites excluding steroid dienone is 1. The van der Waals surface area contributed by atoms with Crippen LogP contribution in [0, 0.1) is 0 Å². The van der Waals surface area contributed by atoms with Crippen molar-refractivity contribution < 1.29 is 9.53 Å². The number of nitrogens with two attached hydrogens (primary N) is 1. The Morgan fingerprint density at radius 1 is 1.44 bits per heavy atom. The molecule has 0 bridgehead atoms. The van der Waals surface area contributed by atoms with Crippen molar-refractivity contribution in [2.24, 2.45) is 5.73 Å². The van der Waals surface area contributed by atoms with Gasteiger partial charge in [0.05, 0.1) is 7.11 Å². The quantitative estimate of drug-likeness (QED) is 0.821. The highest BCUT2D eigenvalue weighted by molar-refractivity contribution is 5.99. The van der Waals surface area contributed by atoms with Crippen molar-refractivity contribution in [3.8, 4) is 5.75 Å².